The molecule has 0 spiro atoms. The standard InChI is InChI=1S/C13H17ClN2O3/c1-2-15-11-6-5-9(14)8-10(11)13(19)16-7-3-4-12(17)18/h5-6,8,15H,2-4,7H2,1H3,(H,16,19)(H,17,18). The first-order chi connectivity index (χ1) is 9.04. The average molecular weight is 285 g/mol. The molecule has 3 N–H and O–H groups in total. The summed E-state index contributed by atoms with van der Waals surface area (Å²) < 4.78 is 0. The van der Waals surface area contributed by atoms with Crippen molar-refractivity contribution in [1.82, 2.24) is 5.32 Å². The van der Waals surface area contributed by atoms with Gasteiger partial charge < -0.3 is 15.7 Å². The molecule has 0 saturated heterocycles. The third kappa shape index (κ3) is 5.18. The Bertz CT molecular complexity index is 463. The van der Waals surface area contributed by atoms with Gasteiger partial charge in [-0.05, 0) is 31.5 Å². The van der Waals surface area contributed by atoms with E-state index >= 15 is 0 Å². The highest BCUT2D eigenvalue weighted by atomic mass is 35.5. The van der Waals surface area contributed by atoms with Crippen molar-refractivity contribution in [3.8, 4) is 0 Å². The van der Waals surface area contributed by atoms with E-state index in [2.05, 4.69) is 10.6 Å². The van der Waals surface area contributed by atoms with Crippen molar-refractivity contribution in [3.63, 3.8) is 0 Å². The number of hydrogen-bond acceptors (Lipinski definition) is 3. The summed E-state index contributed by atoms with van der Waals surface area (Å²) in [7, 11) is 0. The molecule has 6 heteroatoms. The zero-order valence-electron chi connectivity index (χ0n) is 10.7. The molecule has 0 aliphatic carbocycles. The molecule has 0 aliphatic heterocycles. The monoisotopic (exact) mass is 284 g/mol. The van der Waals surface area contributed by atoms with Crippen LogP contribution in [0.25, 0.3) is 0 Å². The molecule has 1 amide bonds. The Hall–Kier alpha value is -1.75. The maximum atomic E-state index is 12.0. The number of nitrogens with one attached hydrogen (secondary N) is 2. The van der Waals surface area contributed by atoms with Crippen molar-refractivity contribution in [2.75, 3.05) is 18.4 Å². The average Bonchev–Trinajstić information content (AvgIpc) is 2.36. The van der Waals surface area contributed by atoms with Gasteiger partial charge in [0.25, 0.3) is 5.91 Å². The summed E-state index contributed by atoms with van der Waals surface area (Å²) in [5.41, 5.74) is 1.17. The second-order valence-corrected chi connectivity index (χ2v) is 4.41. The molecule has 0 saturated carbocycles. The van der Waals surface area contributed by atoms with Crippen molar-refractivity contribution in [3.05, 3.63) is 28.8 Å². The Labute approximate surface area is 117 Å². The summed E-state index contributed by atoms with van der Waals surface area (Å²) in [6.07, 6.45) is 0.439. The van der Waals surface area contributed by atoms with E-state index in [0.717, 1.165) is 0 Å². The van der Waals surface area contributed by atoms with Gasteiger partial charge in [0.15, 0.2) is 0 Å². The minimum Gasteiger partial charge on any atom is -0.481 e. The molecular formula is C13H17ClN2O3. The van der Waals surface area contributed by atoms with Gasteiger partial charge in [0.1, 0.15) is 0 Å². The fourth-order valence-electron chi connectivity index (χ4n) is 1.59. The molecule has 0 atom stereocenters. The van der Waals surface area contributed by atoms with E-state index in [-0.39, 0.29) is 12.3 Å². The quantitative estimate of drug-likeness (QED) is 0.672. The van der Waals surface area contributed by atoms with E-state index in [1.807, 2.05) is 6.92 Å². The molecule has 0 bridgehead atoms. The van der Waals surface area contributed by atoms with E-state index in [1.54, 1.807) is 18.2 Å². The van der Waals surface area contributed by atoms with Gasteiger partial charge in [0.2, 0.25) is 0 Å². The van der Waals surface area contributed by atoms with Crippen molar-refractivity contribution in [2.45, 2.75) is 19.8 Å². The minimum atomic E-state index is -0.870. The van der Waals surface area contributed by atoms with E-state index in [1.165, 1.54) is 0 Å². The summed E-state index contributed by atoms with van der Waals surface area (Å²) >= 11 is 5.88. The van der Waals surface area contributed by atoms with Crippen molar-refractivity contribution >= 4 is 29.2 Å². The third-order valence-corrected chi connectivity index (χ3v) is 2.68. The van der Waals surface area contributed by atoms with Crippen LogP contribution in [-0.4, -0.2) is 30.1 Å². The van der Waals surface area contributed by atoms with Crippen molar-refractivity contribution < 1.29 is 14.7 Å². The van der Waals surface area contributed by atoms with Gasteiger partial charge in [0, 0.05) is 30.2 Å². The van der Waals surface area contributed by atoms with Crippen molar-refractivity contribution in [1.29, 1.82) is 0 Å². The number of carbonyl (C=O) groups excluding carboxylic acids is 1. The van der Waals surface area contributed by atoms with Gasteiger partial charge in [-0.3, -0.25) is 9.59 Å². The number of aliphatic carboxylic acids is 1. The molecule has 0 aromatic heterocycles. The molecule has 0 heterocycles. The summed E-state index contributed by atoms with van der Waals surface area (Å²) in [6.45, 7) is 2.95. The van der Waals surface area contributed by atoms with Crippen LogP contribution in [-0.2, 0) is 4.79 Å². The van der Waals surface area contributed by atoms with E-state index in [0.29, 0.717) is 35.8 Å². The van der Waals surface area contributed by atoms with Crippen LogP contribution in [0.4, 0.5) is 5.69 Å². The molecular weight excluding hydrogens is 268 g/mol. The van der Waals surface area contributed by atoms with Crippen LogP contribution in [0.15, 0.2) is 18.2 Å². The Morgan fingerprint density at radius 2 is 2.11 bits per heavy atom. The normalized spacial score (nSPS) is 10.0. The molecule has 1 aromatic carbocycles. The zero-order valence-corrected chi connectivity index (χ0v) is 11.5. The predicted molar refractivity (Wildman–Crippen MR) is 74.8 cm³/mol. The number of rotatable bonds is 7. The van der Waals surface area contributed by atoms with Crippen LogP contribution in [0.3, 0.4) is 0 Å². The lowest BCUT2D eigenvalue weighted by atomic mass is 10.1. The maximum Gasteiger partial charge on any atom is 0.303 e. The topological polar surface area (TPSA) is 78.4 Å². The molecule has 0 unspecified atom stereocenters. The van der Waals surface area contributed by atoms with Crippen LogP contribution < -0.4 is 10.6 Å². The molecule has 5 nitrogen and oxygen atoms in total. The third-order valence-electron chi connectivity index (χ3n) is 2.45. The fraction of sp³-hybridized carbons (Fsp3) is 0.385. The highest BCUT2D eigenvalue weighted by molar-refractivity contribution is 6.31. The first-order valence-corrected chi connectivity index (χ1v) is 6.45. The largest absolute Gasteiger partial charge is 0.481 e. The number of amides is 1. The van der Waals surface area contributed by atoms with Crippen LogP contribution in [0.1, 0.15) is 30.1 Å². The first-order valence-electron chi connectivity index (χ1n) is 6.08. The number of anilines is 1. The molecule has 0 aliphatic rings. The maximum absolute atomic E-state index is 12.0. The Kier molecular flexibility index (Phi) is 6.15. The number of hydrogen-bond donors (Lipinski definition) is 3. The highest BCUT2D eigenvalue weighted by Gasteiger charge is 2.11. The number of halogens is 1. The van der Waals surface area contributed by atoms with Gasteiger partial charge in [-0.1, -0.05) is 11.6 Å². The number of carboxylic acid groups (broad SMARTS) is 1. The van der Waals surface area contributed by atoms with Crippen LogP contribution in [0, 0.1) is 0 Å². The molecule has 0 fully saturated rings. The van der Waals surface area contributed by atoms with Crippen LogP contribution in [0.5, 0.6) is 0 Å². The highest BCUT2D eigenvalue weighted by Crippen LogP contribution is 2.20. The summed E-state index contributed by atoms with van der Waals surface area (Å²) in [6, 6.07) is 5.05. The lowest BCUT2D eigenvalue weighted by Crippen LogP contribution is -2.25. The molecule has 0 radical (unpaired) electrons. The predicted octanol–water partition coefficient (Wildman–Crippen LogP) is 2.37. The summed E-state index contributed by atoms with van der Waals surface area (Å²) in [5.74, 6) is -1.13. The minimum absolute atomic E-state index is 0.0376. The fourth-order valence-corrected chi connectivity index (χ4v) is 1.76. The smallest absolute Gasteiger partial charge is 0.303 e. The van der Waals surface area contributed by atoms with E-state index in [4.69, 9.17) is 16.7 Å². The lowest BCUT2D eigenvalue weighted by molar-refractivity contribution is -0.137. The number of carbonyl (C=O) groups is 2. The van der Waals surface area contributed by atoms with E-state index < -0.39 is 5.97 Å². The molecule has 1 rings (SSSR count). The van der Waals surface area contributed by atoms with E-state index in [9.17, 15) is 9.59 Å². The van der Waals surface area contributed by atoms with Gasteiger partial charge in [-0.15, -0.1) is 0 Å². The Balaban J connectivity index is 2.64. The molecule has 1 aromatic rings. The second kappa shape index (κ2) is 7.63. The lowest BCUT2D eigenvalue weighted by Gasteiger charge is -2.11. The van der Waals surface area contributed by atoms with Gasteiger partial charge in [-0.25, -0.2) is 0 Å². The van der Waals surface area contributed by atoms with Gasteiger partial charge in [0.05, 0.1) is 5.56 Å². The van der Waals surface area contributed by atoms with Crippen LogP contribution >= 0.6 is 11.6 Å². The van der Waals surface area contributed by atoms with Crippen LogP contribution in [0.2, 0.25) is 5.02 Å². The first kappa shape index (κ1) is 15.3. The number of benzene rings is 1. The van der Waals surface area contributed by atoms with Crippen molar-refractivity contribution in [2.24, 2.45) is 0 Å². The van der Waals surface area contributed by atoms with Gasteiger partial charge in [-0.2, -0.15) is 0 Å². The summed E-state index contributed by atoms with van der Waals surface area (Å²) in [4.78, 5) is 22.3. The molecule has 104 valence electrons. The number of carboxylic acids is 1. The SMILES string of the molecule is CCNc1ccc(Cl)cc1C(=O)NCCCC(=O)O. The second-order valence-electron chi connectivity index (χ2n) is 3.97. The summed E-state index contributed by atoms with van der Waals surface area (Å²) in [5, 5.41) is 14.7. The van der Waals surface area contributed by atoms with Gasteiger partial charge >= 0.3 is 5.97 Å². The Morgan fingerprint density at radius 3 is 2.74 bits per heavy atom. The molecule has 19 heavy (non-hydrogen) atoms. The zero-order chi connectivity index (χ0) is 14.3. The Morgan fingerprint density at radius 1 is 1.37 bits per heavy atom.